The lowest BCUT2D eigenvalue weighted by Gasteiger charge is -2.13. The molecule has 1 N–H and O–H groups in total. The van der Waals surface area contributed by atoms with Gasteiger partial charge in [-0.25, -0.2) is 0 Å². The van der Waals surface area contributed by atoms with E-state index >= 15 is 0 Å². The zero-order valence-electron chi connectivity index (χ0n) is 12.9. The summed E-state index contributed by atoms with van der Waals surface area (Å²) in [6.45, 7) is 2.20. The van der Waals surface area contributed by atoms with E-state index in [1.165, 1.54) is 6.42 Å². The Labute approximate surface area is 135 Å². The molecule has 0 radical (unpaired) electrons. The summed E-state index contributed by atoms with van der Waals surface area (Å²) in [5, 5.41) is 4.99. The normalized spacial score (nSPS) is 21.1. The number of hydrogen-bond donors (Lipinski definition) is 1. The number of pyridine rings is 1. The Morgan fingerprint density at radius 3 is 3.09 bits per heavy atom. The molecule has 1 heterocycles. The number of hydrogen-bond acceptors (Lipinski definition) is 3. The van der Waals surface area contributed by atoms with Crippen molar-refractivity contribution in [2.24, 2.45) is 0 Å². The van der Waals surface area contributed by atoms with Gasteiger partial charge in [0, 0.05) is 22.9 Å². The first-order chi connectivity index (χ1) is 10.7. The molecule has 22 heavy (non-hydrogen) atoms. The molecule has 1 amide bonds. The molecule has 0 unspecified atom stereocenters. The van der Waals surface area contributed by atoms with Crippen molar-refractivity contribution in [1.29, 1.82) is 0 Å². The molecule has 116 valence electrons. The zero-order valence-corrected chi connectivity index (χ0v) is 13.7. The van der Waals surface area contributed by atoms with Gasteiger partial charge in [0.15, 0.2) is 0 Å². The molecule has 4 heteroatoms. The Bertz CT molecular complexity index is 658. The van der Waals surface area contributed by atoms with E-state index in [9.17, 15) is 4.79 Å². The first-order valence-corrected chi connectivity index (χ1v) is 9.04. The molecule has 3 nitrogen and oxygen atoms in total. The Kier molecular flexibility index (Phi) is 4.98. The minimum atomic E-state index is 0.115. The van der Waals surface area contributed by atoms with Crippen LogP contribution < -0.4 is 5.32 Å². The molecule has 1 aromatic heterocycles. The van der Waals surface area contributed by atoms with Crippen LogP contribution in [0.5, 0.6) is 0 Å². The van der Waals surface area contributed by atoms with Gasteiger partial charge >= 0.3 is 0 Å². The highest BCUT2D eigenvalue weighted by Crippen LogP contribution is 2.29. The summed E-state index contributed by atoms with van der Waals surface area (Å²) < 4.78 is 0. The van der Waals surface area contributed by atoms with Gasteiger partial charge in [-0.15, -0.1) is 0 Å². The molecule has 0 spiro atoms. The quantitative estimate of drug-likeness (QED) is 0.917. The van der Waals surface area contributed by atoms with Gasteiger partial charge in [-0.1, -0.05) is 25.1 Å². The molecular weight excluding hydrogens is 292 g/mol. The minimum absolute atomic E-state index is 0.115. The van der Waals surface area contributed by atoms with Crippen LogP contribution in [0, 0.1) is 0 Å². The molecule has 3 rings (SSSR count). The van der Waals surface area contributed by atoms with E-state index in [0.29, 0.717) is 12.5 Å². The number of carbonyl (C=O) groups excluding carboxylic acids is 1. The average molecular weight is 314 g/mol. The van der Waals surface area contributed by atoms with E-state index < -0.39 is 0 Å². The summed E-state index contributed by atoms with van der Waals surface area (Å²) in [4.78, 5) is 16.6. The molecular formula is C18H22N2OS. The van der Waals surface area contributed by atoms with E-state index in [-0.39, 0.29) is 5.91 Å². The van der Waals surface area contributed by atoms with Crippen molar-refractivity contribution in [3.05, 3.63) is 42.1 Å². The standard InChI is InChI=1S/C18H22N2OS/c1-2-22-16-8-7-15(11-16)20-18(21)10-13-9-14-5-3-4-6-17(14)19-12-13/h3-6,9,12,15-16H,2,7-8,10-11H2,1H3,(H,20,21)/t15-,16+/m1/s1. The fourth-order valence-electron chi connectivity index (χ4n) is 3.14. The molecule has 0 aliphatic heterocycles. The third kappa shape index (κ3) is 3.80. The van der Waals surface area contributed by atoms with Crippen molar-refractivity contribution < 1.29 is 4.79 Å². The maximum Gasteiger partial charge on any atom is 0.224 e. The highest BCUT2D eigenvalue weighted by molar-refractivity contribution is 7.99. The summed E-state index contributed by atoms with van der Waals surface area (Å²) in [6, 6.07) is 10.4. The van der Waals surface area contributed by atoms with E-state index in [1.54, 1.807) is 0 Å². The third-order valence-corrected chi connectivity index (χ3v) is 5.40. The van der Waals surface area contributed by atoms with Crippen LogP contribution in [-0.2, 0) is 11.2 Å². The second kappa shape index (κ2) is 7.14. The van der Waals surface area contributed by atoms with Crippen molar-refractivity contribution in [2.75, 3.05) is 5.75 Å². The largest absolute Gasteiger partial charge is 0.353 e. The number of nitrogens with zero attached hydrogens (tertiary/aromatic N) is 1. The minimum Gasteiger partial charge on any atom is -0.353 e. The van der Waals surface area contributed by atoms with Crippen molar-refractivity contribution >= 4 is 28.6 Å². The number of nitrogens with one attached hydrogen (secondary N) is 1. The predicted octanol–water partition coefficient (Wildman–Crippen LogP) is 3.57. The highest BCUT2D eigenvalue weighted by atomic mass is 32.2. The number of aromatic nitrogens is 1. The second-order valence-electron chi connectivity index (χ2n) is 5.87. The maximum absolute atomic E-state index is 12.2. The van der Waals surface area contributed by atoms with E-state index in [2.05, 4.69) is 23.3 Å². The lowest BCUT2D eigenvalue weighted by Crippen LogP contribution is -2.34. The van der Waals surface area contributed by atoms with E-state index in [0.717, 1.165) is 40.3 Å². The molecule has 1 aromatic carbocycles. The molecule has 1 saturated carbocycles. The van der Waals surface area contributed by atoms with Gasteiger partial charge in [-0.3, -0.25) is 9.78 Å². The van der Waals surface area contributed by atoms with E-state index in [4.69, 9.17) is 0 Å². The SMILES string of the molecule is CCS[C@H]1CC[C@@H](NC(=O)Cc2cnc3ccccc3c2)C1. The molecule has 0 bridgehead atoms. The van der Waals surface area contributed by atoms with Crippen LogP contribution in [0.4, 0.5) is 0 Å². The molecule has 1 aliphatic rings. The third-order valence-electron chi connectivity index (χ3n) is 4.16. The lowest BCUT2D eigenvalue weighted by atomic mass is 10.1. The first-order valence-electron chi connectivity index (χ1n) is 7.99. The zero-order chi connectivity index (χ0) is 15.4. The van der Waals surface area contributed by atoms with Gasteiger partial charge in [0.2, 0.25) is 5.91 Å². The predicted molar refractivity (Wildman–Crippen MR) is 93.1 cm³/mol. The van der Waals surface area contributed by atoms with Crippen LogP contribution in [0.1, 0.15) is 31.7 Å². The molecule has 2 aromatic rings. The smallest absolute Gasteiger partial charge is 0.224 e. The summed E-state index contributed by atoms with van der Waals surface area (Å²) in [5.74, 6) is 1.28. The number of rotatable bonds is 5. The molecule has 2 atom stereocenters. The topological polar surface area (TPSA) is 42.0 Å². The monoisotopic (exact) mass is 314 g/mol. The van der Waals surface area contributed by atoms with Gasteiger partial charge in [0.25, 0.3) is 0 Å². The number of carbonyl (C=O) groups is 1. The van der Waals surface area contributed by atoms with Crippen LogP contribution in [0.3, 0.4) is 0 Å². The number of amides is 1. The van der Waals surface area contributed by atoms with Gasteiger partial charge < -0.3 is 5.32 Å². The fourth-order valence-corrected chi connectivity index (χ4v) is 4.28. The summed E-state index contributed by atoms with van der Waals surface area (Å²) >= 11 is 2.01. The highest BCUT2D eigenvalue weighted by Gasteiger charge is 2.25. The van der Waals surface area contributed by atoms with Gasteiger partial charge in [-0.05, 0) is 42.7 Å². The van der Waals surface area contributed by atoms with Crippen LogP contribution in [0.25, 0.3) is 10.9 Å². The number of benzene rings is 1. The van der Waals surface area contributed by atoms with Crippen molar-refractivity contribution in [3.63, 3.8) is 0 Å². The Hall–Kier alpha value is -1.55. The average Bonchev–Trinajstić information content (AvgIpc) is 2.94. The summed E-state index contributed by atoms with van der Waals surface area (Å²) in [6.07, 6.45) is 5.67. The number of fused-ring (bicyclic) bond motifs is 1. The lowest BCUT2D eigenvalue weighted by molar-refractivity contribution is -0.121. The molecule has 1 aliphatic carbocycles. The fraction of sp³-hybridized carbons (Fsp3) is 0.444. The second-order valence-corrected chi connectivity index (χ2v) is 7.45. The van der Waals surface area contributed by atoms with Gasteiger partial charge in [0.05, 0.1) is 11.9 Å². The molecule has 0 saturated heterocycles. The van der Waals surface area contributed by atoms with Crippen molar-refractivity contribution in [1.82, 2.24) is 10.3 Å². The Balaban J connectivity index is 1.57. The summed E-state index contributed by atoms with van der Waals surface area (Å²) in [7, 11) is 0. The Morgan fingerprint density at radius 2 is 2.23 bits per heavy atom. The molecule has 1 fully saturated rings. The number of thioether (sulfide) groups is 1. The van der Waals surface area contributed by atoms with Crippen LogP contribution in [0.2, 0.25) is 0 Å². The van der Waals surface area contributed by atoms with Crippen LogP contribution in [-0.4, -0.2) is 27.9 Å². The Morgan fingerprint density at radius 1 is 1.36 bits per heavy atom. The number of para-hydroxylation sites is 1. The first kappa shape index (κ1) is 15.3. The van der Waals surface area contributed by atoms with Crippen LogP contribution in [0.15, 0.2) is 36.5 Å². The van der Waals surface area contributed by atoms with Gasteiger partial charge in [0.1, 0.15) is 0 Å². The van der Waals surface area contributed by atoms with Crippen molar-refractivity contribution in [2.45, 2.75) is 43.9 Å². The summed E-state index contributed by atoms with van der Waals surface area (Å²) in [5.41, 5.74) is 1.95. The maximum atomic E-state index is 12.2. The van der Waals surface area contributed by atoms with E-state index in [1.807, 2.05) is 42.2 Å². The van der Waals surface area contributed by atoms with Crippen LogP contribution >= 0.6 is 11.8 Å². The van der Waals surface area contributed by atoms with Gasteiger partial charge in [-0.2, -0.15) is 11.8 Å². The van der Waals surface area contributed by atoms with Crippen molar-refractivity contribution in [3.8, 4) is 0 Å².